The summed E-state index contributed by atoms with van der Waals surface area (Å²) >= 11 is 0. The third-order valence-electron chi connectivity index (χ3n) is 5.85. The Morgan fingerprint density at radius 2 is 1.93 bits per heavy atom. The summed E-state index contributed by atoms with van der Waals surface area (Å²) in [4.78, 5) is 27.9. The lowest BCUT2D eigenvalue weighted by atomic mass is 9.73. The number of aliphatic hydroxyl groups is 1. The smallest absolute Gasteiger partial charge is 0.249 e. The zero-order chi connectivity index (χ0) is 20.5. The number of rotatable bonds is 5. The van der Waals surface area contributed by atoms with E-state index < -0.39 is 0 Å². The summed E-state index contributed by atoms with van der Waals surface area (Å²) in [5.74, 6) is -0.754. The van der Waals surface area contributed by atoms with E-state index in [0.717, 1.165) is 11.1 Å². The number of methoxy groups -OCH3 is 1. The van der Waals surface area contributed by atoms with Crippen molar-refractivity contribution < 1.29 is 23.8 Å². The standard InChI is InChI=1S/C22H23FN2O4/c1-29-13-21(28)24-10-18-22(19(12-26)25(18)20(27)11-24)15-8-6-14(7-9-15)16-4-2-3-5-17(16)23/h2-9,18-19,22,26H,10-13H2,1H3/t18-,19-,22+/m0/s1. The Hall–Kier alpha value is -2.77. The number of aliphatic hydroxyl groups excluding tert-OH is 1. The number of benzene rings is 2. The Morgan fingerprint density at radius 3 is 2.59 bits per heavy atom. The highest BCUT2D eigenvalue weighted by molar-refractivity contribution is 5.88. The normalized spacial score (nSPS) is 23.6. The number of halogens is 1. The Labute approximate surface area is 168 Å². The molecule has 2 heterocycles. The molecule has 0 spiro atoms. The van der Waals surface area contributed by atoms with Gasteiger partial charge in [-0.2, -0.15) is 0 Å². The first kappa shape index (κ1) is 19.5. The van der Waals surface area contributed by atoms with Gasteiger partial charge in [-0.05, 0) is 17.2 Å². The first-order chi connectivity index (χ1) is 14.0. The number of fused-ring (bicyclic) bond motifs is 1. The van der Waals surface area contributed by atoms with E-state index in [1.54, 1.807) is 23.1 Å². The molecule has 4 rings (SSSR count). The second-order valence-electron chi connectivity index (χ2n) is 7.45. The Morgan fingerprint density at radius 1 is 1.21 bits per heavy atom. The van der Waals surface area contributed by atoms with Crippen LogP contribution in [0.15, 0.2) is 48.5 Å². The molecule has 7 heteroatoms. The van der Waals surface area contributed by atoms with Crippen molar-refractivity contribution in [2.45, 2.75) is 18.0 Å². The lowest BCUT2D eigenvalue weighted by Gasteiger charge is -2.58. The maximum Gasteiger partial charge on any atom is 0.249 e. The van der Waals surface area contributed by atoms with Crippen molar-refractivity contribution >= 4 is 11.8 Å². The van der Waals surface area contributed by atoms with Crippen LogP contribution < -0.4 is 0 Å². The molecule has 0 aromatic heterocycles. The van der Waals surface area contributed by atoms with E-state index in [1.165, 1.54) is 18.1 Å². The number of carbonyl (C=O) groups is 2. The van der Waals surface area contributed by atoms with Crippen molar-refractivity contribution in [3.63, 3.8) is 0 Å². The van der Waals surface area contributed by atoms with Gasteiger partial charge in [-0.25, -0.2) is 4.39 Å². The fourth-order valence-corrected chi connectivity index (χ4v) is 4.48. The van der Waals surface area contributed by atoms with E-state index in [2.05, 4.69) is 0 Å². The van der Waals surface area contributed by atoms with Gasteiger partial charge >= 0.3 is 0 Å². The number of ether oxygens (including phenoxy) is 1. The molecule has 0 unspecified atom stereocenters. The van der Waals surface area contributed by atoms with Crippen LogP contribution in [0.1, 0.15) is 11.5 Å². The Kier molecular flexibility index (Phi) is 5.34. The third-order valence-corrected chi connectivity index (χ3v) is 5.85. The molecule has 2 amide bonds. The molecule has 0 aliphatic carbocycles. The highest BCUT2D eigenvalue weighted by Gasteiger charge is 2.54. The van der Waals surface area contributed by atoms with E-state index in [-0.39, 0.29) is 55.4 Å². The van der Waals surface area contributed by atoms with Gasteiger partial charge in [0, 0.05) is 25.1 Å². The molecule has 0 radical (unpaired) electrons. The first-order valence-electron chi connectivity index (χ1n) is 9.58. The molecule has 2 aliphatic heterocycles. The zero-order valence-corrected chi connectivity index (χ0v) is 16.1. The summed E-state index contributed by atoms with van der Waals surface area (Å²) in [5.41, 5.74) is 2.25. The van der Waals surface area contributed by atoms with E-state index in [9.17, 15) is 19.1 Å². The molecular formula is C22H23FN2O4. The van der Waals surface area contributed by atoms with Crippen molar-refractivity contribution in [3.05, 3.63) is 59.9 Å². The third kappa shape index (κ3) is 3.41. The van der Waals surface area contributed by atoms with E-state index in [4.69, 9.17) is 4.74 Å². The number of amides is 2. The van der Waals surface area contributed by atoms with Gasteiger partial charge < -0.3 is 19.6 Å². The van der Waals surface area contributed by atoms with Gasteiger partial charge in [0.05, 0.1) is 25.2 Å². The van der Waals surface area contributed by atoms with Crippen LogP contribution in [0.2, 0.25) is 0 Å². The summed E-state index contributed by atoms with van der Waals surface area (Å²) in [7, 11) is 1.45. The van der Waals surface area contributed by atoms with Crippen LogP contribution >= 0.6 is 0 Å². The predicted octanol–water partition coefficient (Wildman–Crippen LogP) is 1.64. The average molecular weight is 398 g/mol. The van der Waals surface area contributed by atoms with Crippen molar-refractivity contribution in [2.75, 3.05) is 33.4 Å². The summed E-state index contributed by atoms with van der Waals surface area (Å²) in [6.45, 7) is 0.206. The SMILES string of the molecule is COCC(=O)N1CC(=O)N2[C@@H](CO)[C@H](c3ccc(-c4ccccc4F)cc3)[C@@H]2C1. The van der Waals surface area contributed by atoms with Crippen molar-refractivity contribution in [1.82, 2.24) is 9.80 Å². The average Bonchev–Trinajstić information content (AvgIpc) is 2.70. The van der Waals surface area contributed by atoms with Gasteiger partial charge in [0.15, 0.2) is 0 Å². The monoisotopic (exact) mass is 398 g/mol. The van der Waals surface area contributed by atoms with E-state index in [0.29, 0.717) is 12.1 Å². The Bertz CT molecular complexity index is 917. The minimum Gasteiger partial charge on any atom is -0.394 e. The van der Waals surface area contributed by atoms with Crippen LogP contribution in [0.3, 0.4) is 0 Å². The summed E-state index contributed by atoms with van der Waals surface area (Å²) in [6, 6.07) is 13.6. The van der Waals surface area contributed by atoms with Crippen LogP contribution in [0.4, 0.5) is 4.39 Å². The number of hydrogen-bond acceptors (Lipinski definition) is 4. The second-order valence-corrected chi connectivity index (χ2v) is 7.45. The van der Waals surface area contributed by atoms with Gasteiger partial charge in [0.25, 0.3) is 0 Å². The minimum absolute atomic E-state index is 0.00807. The molecule has 2 saturated heterocycles. The number of carbonyl (C=O) groups excluding carboxylic acids is 2. The van der Waals surface area contributed by atoms with Crippen molar-refractivity contribution in [2.24, 2.45) is 0 Å². The highest BCUT2D eigenvalue weighted by atomic mass is 19.1. The van der Waals surface area contributed by atoms with Gasteiger partial charge in [-0.1, -0.05) is 42.5 Å². The molecule has 2 aromatic rings. The molecule has 29 heavy (non-hydrogen) atoms. The molecule has 152 valence electrons. The van der Waals surface area contributed by atoms with Crippen molar-refractivity contribution in [3.8, 4) is 11.1 Å². The predicted molar refractivity (Wildman–Crippen MR) is 105 cm³/mol. The molecule has 3 atom stereocenters. The molecule has 2 fully saturated rings. The zero-order valence-electron chi connectivity index (χ0n) is 16.1. The molecule has 6 nitrogen and oxygen atoms in total. The van der Waals surface area contributed by atoms with E-state index in [1.807, 2.05) is 24.3 Å². The number of nitrogens with zero attached hydrogens (tertiary/aromatic N) is 2. The fraction of sp³-hybridized carbons (Fsp3) is 0.364. The topological polar surface area (TPSA) is 70.1 Å². The molecule has 2 aromatic carbocycles. The first-order valence-corrected chi connectivity index (χ1v) is 9.58. The highest BCUT2D eigenvalue weighted by Crippen LogP contribution is 2.43. The van der Waals surface area contributed by atoms with Crippen LogP contribution in [0.5, 0.6) is 0 Å². The second kappa shape index (κ2) is 7.93. The van der Waals surface area contributed by atoms with Crippen LogP contribution in [0.25, 0.3) is 11.1 Å². The quantitative estimate of drug-likeness (QED) is 0.831. The Balaban J connectivity index is 1.58. The largest absolute Gasteiger partial charge is 0.394 e. The lowest BCUT2D eigenvalue weighted by molar-refractivity contribution is -0.168. The van der Waals surface area contributed by atoms with Gasteiger partial charge in [0.1, 0.15) is 12.4 Å². The van der Waals surface area contributed by atoms with Crippen LogP contribution in [-0.4, -0.2) is 72.2 Å². The maximum absolute atomic E-state index is 14.0. The summed E-state index contributed by atoms with van der Waals surface area (Å²) in [6.07, 6.45) is 0. The van der Waals surface area contributed by atoms with Gasteiger partial charge in [-0.15, -0.1) is 0 Å². The van der Waals surface area contributed by atoms with Gasteiger partial charge in [-0.3, -0.25) is 9.59 Å². The molecule has 1 N–H and O–H groups in total. The number of hydrogen-bond donors (Lipinski definition) is 1. The maximum atomic E-state index is 14.0. The van der Waals surface area contributed by atoms with Crippen molar-refractivity contribution in [1.29, 1.82) is 0 Å². The summed E-state index contributed by atoms with van der Waals surface area (Å²) in [5, 5.41) is 9.86. The minimum atomic E-state index is -0.313. The van der Waals surface area contributed by atoms with Crippen LogP contribution in [0, 0.1) is 5.82 Å². The summed E-state index contributed by atoms with van der Waals surface area (Å²) < 4.78 is 19.0. The van der Waals surface area contributed by atoms with E-state index >= 15 is 0 Å². The molecular weight excluding hydrogens is 375 g/mol. The fourth-order valence-electron chi connectivity index (χ4n) is 4.48. The molecule has 0 saturated carbocycles. The van der Waals surface area contributed by atoms with Crippen LogP contribution in [-0.2, 0) is 14.3 Å². The van der Waals surface area contributed by atoms with Gasteiger partial charge in [0.2, 0.25) is 11.8 Å². The molecule has 0 bridgehead atoms. The number of piperazine rings is 1. The molecule has 2 aliphatic rings. The lowest BCUT2D eigenvalue weighted by Crippen LogP contribution is -2.73.